The predicted octanol–water partition coefficient (Wildman–Crippen LogP) is 3.04. The Kier molecular flexibility index (Phi) is 3.78. The minimum Gasteiger partial charge on any atom is -0.330 e. The van der Waals surface area contributed by atoms with Gasteiger partial charge in [0.15, 0.2) is 0 Å². The number of aromatic nitrogens is 2. The van der Waals surface area contributed by atoms with Crippen LogP contribution in [0.1, 0.15) is 24.4 Å². The monoisotopic (exact) mass is 261 g/mol. The van der Waals surface area contributed by atoms with Crippen LogP contribution >= 0.6 is 11.3 Å². The van der Waals surface area contributed by atoms with Crippen LogP contribution in [0.4, 0.5) is 0 Å². The first-order chi connectivity index (χ1) is 8.52. The molecule has 96 valence electrons. The Morgan fingerprint density at radius 3 is 2.56 bits per heavy atom. The highest BCUT2D eigenvalue weighted by molar-refractivity contribution is 7.15. The van der Waals surface area contributed by atoms with E-state index in [1.54, 1.807) is 23.7 Å². The Hall–Kier alpha value is -1.26. The smallest absolute Gasteiger partial charge is 0.123 e. The average molecular weight is 261 g/mol. The Morgan fingerprint density at radius 1 is 1.28 bits per heavy atom. The van der Waals surface area contributed by atoms with Gasteiger partial charge in [-0.05, 0) is 37.4 Å². The number of aryl methyl sites for hydroxylation is 1. The zero-order chi connectivity index (χ0) is 13.2. The number of thiazole rings is 1. The van der Waals surface area contributed by atoms with E-state index < -0.39 is 0 Å². The van der Waals surface area contributed by atoms with Gasteiger partial charge in [-0.25, -0.2) is 4.98 Å². The second-order valence-electron chi connectivity index (χ2n) is 5.31. The molecule has 0 aliphatic heterocycles. The topological polar surface area (TPSA) is 51.8 Å². The van der Waals surface area contributed by atoms with E-state index in [1.807, 2.05) is 12.1 Å². The van der Waals surface area contributed by atoms with Gasteiger partial charge in [-0.1, -0.05) is 13.8 Å². The van der Waals surface area contributed by atoms with Gasteiger partial charge in [0.1, 0.15) is 5.01 Å². The zero-order valence-corrected chi connectivity index (χ0v) is 11.9. The van der Waals surface area contributed by atoms with E-state index in [9.17, 15) is 0 Å². The van der Waals surface area contributed by atoms with Gasteiger partial charge in [-0.3, -0.25) is 4.98 Å². The quantitative estimate of drug-likeness (QED) is 0.920. The molecule has 0 spiro atoms. The molecule has 0 unspecified atom stereocenters. The second kappa shape index (κ2) is 5.16. The third-order valence-corrected chi connectivity index (χ3v) is 4.22. The van der Waals surface area contributed by atoms with Crippen LogP contribution in [-0.4, -0.2) is 16.5 Å². The van der Waals surface area contributed by atoms with Crippen molar-refractivity contribution < 1.29 is 0 Å². The summed E-state index contributed by atoms with van der Waals surface area (Å²) in [6.07, 6.45) is 4.59. The fraction of sp³-hybridized carbons (Fsp3) is 0.429. The molecule has 2 aromatic rings. The third-order valence-electron chi connectivity index (χ3n) is 3.01. The highest BCUT2D eigenvalue weighted by atomic mass is 32.1. The molecule has 0 atom stereocenters. The Balaban J connectivity index is 2.28. The fourth-order valence-corrected chi connectivity index (χ4v) is 3.04. The van der Waals surface area contributed by atoms with Crippen LogP contribution in [0.25, 0.3) is 10.6 Å². The van der Waals surface area contributed by atoms with Crippen LogP contribution in [0.3, 0.4) is 0 Å². The molecular weight excluding hydrogens is 242 g/mol. The average Bonchev–Trinajstić information content (AvgIpc) is 2.72. The van der Waals surface area contributed by atoms with E-state index in [-0.39, 0.29) is 5.41 Å². The van der Waals surface area contributed by atoms with Crippen molar-refractivity contribution in [3.63, 3.8) is 0 Å². The number of hydrogen-bond acceptors (Lipinski definition) is 4. The maximum atomic E-state index is 5.80. The van der Waals surface area contributed by atoms with Crippen LogP contribution < -0.4 is 5.73 Å². The molecule has 0 saturated heterocycles. The molecule has 0 saturated carbocycles. The SMILES string of the molecule is Cc1nc(-c2ccncc2)sc1CC(C)(C)CN. The number of pyridine rings is 1. The lowest BCUT2D eigenvalue weighted by molar-refractivity contribution is 0.379. The van der Waals surface area contributed by atoms with E-state index in [1.165, 1.54) is 4.88 Å². The summed E-state index contributed by atoms with van der Waals surface area (Å²) in [5.41, 5.74) is 8.18. The number of rotatable bonds is 4. The van der Waals surface area contributed by atoms with Crippen molar-refractivity contribution in [2.24, 2.45) is 11.1 Å². The Labute approximate surface area is 112 Å². The summed E-state index contributed by atoms with van der Waals surface area (Å²) < 4.78 is 0. The third kappa shape index (κ3) is 2.94. The van der Waals surface area contributed by atoms with Gasteiger partial charge < -0.3 is 5.73 Å². The summed E-state index contributed by atoms with van der Waals surface area (Å²) in [4.78, 5) is 10.0. The molecular formula is C14H19N3S. The van der Waals surface area contributed by atoms with Crippen molar-refractivity contribution >= 4 is 11.3 Å². The molecule has 0 aliphatic carbocycles. The van der Waals surface area contributed by atoms with Crippen LogP contribution in [0.2, 0.25) is 0 Å². The first-order valence-corrected chi connectivity index (χ1v) is 6.90. The molecule has 0 radical (unpaired) electrons. The van der Waals surface area contributed by atoms with Gasteiger partial charge in [0, 0.05) is 22.8 Å². The van der Waals surface area contributed by atoms with Crippen molar-refractivity contribution in [1.29, 1.82) is 0 Å². The van der Waals surface area contributed by atoms with Crippen LogP contribution in [0.15, 0.2) is 24.5 Å². The minimum atomic E-state index is 0.132. The molecule has 2 rings (SSSR count). The van der Waals surface area contributed by atoms with Crippen molar-refractivity contribution in [3.05, 3.63) is 35.1 Å². The zero-order valence-electron chi connectivity index (χ0n) is 11.1. The number of nitrogens with two attached hydrogens (primary N) is 1. The number of hydrogen-bond donors (Lipinski definition) is 1. The molecule has 2 heterocycles. The summed E-state index contributed by atoms with van der Waals surface area (Å²) >= 11 is 1.76. The molecule has 0 amide bonds. The molecule has 3 nitrogen and oxygen atoms in total. The highest BCUT2D eigenvalue weighted by Crippen LogP contribution is 2.31. The first-order valence-electron chi connectivity index (χ1n) is 6.08. The summed E-state index contributed by atoms with van der Waals surface area (Å²) in [6.45, 7) is 7.15. The summed E-state index contributed by atoms with van der Waals surface area (Å²) in [7, 11) is 0. The molecule has 2 aromatic heterocycles. The predicted molar refractivity (Wildman–Crippen MR) is 76.6 cm³/mol. The lowest BCUT2D eigenvalue weighted by Gasteiger charge is -2.21. The fourth-order valence-electron chi connectivity index (χ4n) is 1.72. The van der Waals surface area contributed by atoms with Crippen LogP contribution in [0, 0.1) is 12.3 Å². The summed E-state index contributed by atoms with van der Waals surface area (Å²) in [5.74, 6) is 0. The molecule has 4 heteroatoms. The van der Waals surface area contributed by atoms with E-state index in [0.29, 0.717) is 6.54 Å². The molecule has 2 N–H and O–H groups in total. The van der Waals surface area contributed by atoms with Crippen LogP contribution in [0.5, 0.6) is 0 Å². The Morgan fingerprint density at radius 2 is 1.94 bits per heavy atom. The standard InChI is InChI=1S/C14H19N3S/c1-10-12(8-14(2,3)9-15)18-13(17-10)11-4-6-16-7-5-11/h4-7H,8-9,15H2,1-3H3. The van der Waals surface area contributed by atoms with Crippen molar-refractivity contribution in [2.45, 2.75) is 27.2 Å². The second-order valence-corrected chi connectivity index (χ2v) is 6.39. The van der Waals surface area contributed by atoms with Gasteiger partial charge >= 0.3 is 0 Å². The maximum Gasteiger partial charge on any atom is 0.123 e. The molecule has 0 bridgehead atoms. The summed E-state index contributed by atoms with van der Waals surface area (Å²) in [5, 5.41) is 1.07. The maximum absolute atomic E-state index is 5.80. The summed E-state index contributed by atoms with van der Waals surface area (Å²) in [6, 6.07) is 3.99. The minimum absolute atomic E-state index is 0.132. The van der Waals surface area contributed by atoms with Gasteiger partial charge in [-0.15, -0.1) is 11.3 Å². The highest BCUT2D eigenvalue weighted by Gasteiger charge is 2.20. The Bertz CT molecular complexity index is 517. The van der Waals surface area contributed by atoms with E-state index in [4.69, 9.17) is 5.73 Å². The van der Waals surface area contributed by atoms with E-state index >= 15 is 0 Å². The van der Waals surface area contributed by atoms with Gasteiger partial charge in [0.2, 0.25) is 0 Å². The molecule has 0 aromatic carbocycles. The molecule has 18 heavy (non-hydrogen) atoms. The van der Waals surface area contributed by atoms with Gasteiger partial charge in [-0.2, -0.15) is 0 Å². The largest absolute Gasteiger partial charge is 0.330 e. The van der Waals surface area contributed by atoms with E-state index in [2.05, 4.69) is 30.7 Å². The lowest BCUT2D eigenvalue weighted by Crippen LogP contribution is -2.25. The lowest BCUT2D eigenvalue weighted by atomic mass is 9.88. The van der Waals surface area contributed by atoms with Crippen LogP contribution in [-0.2, 0) is 6.42 Å². The number of nitrogens with zero attached hydrogens (tertiary/aromatic N) is 2. The first kappa shape index (κ1) is 13.2. The van der Waals surface area contributed by atoms with Crippen molar-refractivity contribution in [1.82, 2.24) is 9.97 Å². The van der Waals surface area contributed by atoms with Crippen molar-refractivity contribution in [3.8, 4) is 10.6 Å². The van der Waals surface area contributed by atoms with E-state index in [0.717, 1.165) is 22.7 Å². The molecule has 0 fully saturated rings. The normalized spacial score (nSPS) is 11.8. The van der Waals surface area contributed by atoms with Gasteiger partial charge in [0.25, 0.3) is 0 Å². The molecule has 0 aliphatic rings. The van der Waals surface area contributed by atoms with Gasteiger partial charge in [0.05, 0.1) is 5.69 Å². The van der Waals surface area contributed by atoms with Crippen molar-refractivity contribution in [2.75, 3.05) is 6.54 Å².